The molecule has 0 saturated heterocycles. The molecular formula is C11H9ClNO2+. The van der Waals surface area contributed by atoms with Crippen molar-refractivity contribution in [2.45, 2.75) is 0 Å². The predicted octanol–water partition coefficient (Wildman–Crippen LogP) is 2.09. The SMILES string of the molecule is COC(=O)c1ccc2[nH+]ccc(Cl)c2c1. The van der Waals surface area contributed by atoms with E-state index in [1.54, 1.807) is 30.5 Å². The number of esters is 1. The number of methoxy groups -OCH3 is 1. The van der Waals surface area contributed by atoms with Gasteiger partial charge in [0.05, 0.1) is 23.1 Å². The summed E-state index contributed by atoms with van der Waals surface area (Å²) in [6.45, 7) is 0. The second-order valence-electron chi connectivity index (χ2n) is 3.08. The summed E-state index contributed by atoms with van der Waals surface area (Å²) in [4.78, 5) is 14.3. The molecule has 3 nitrogen and oxygen atoms in total. The highest BCUT2D eigenvalue weighted by Crippen LogP contribution is 2.20. The lowest BCUT2D eigenvalue weighted by Crippen LogP contribution is -2.05. The van der Waals surface area contributed by atoms with Gasteiger partial charge < -0.3 is 4.74 Å². The van der Waals surface area contributed by atoms with E-state index in [0.29, 0.717) is 10.6 Å². The van der Waals surface area contributed by atoms with Crippen molar-refractivity contribution in [3.63, 3.8) is 0 Å². The lowest BCUT2D eigenvalue weighted by atomic mass is 10.1. The van der Waals surface area contributed by atoms with E-state index in [4.69, 9.17) is 11.6 Å². The number of halogens is 1. The minimum Gasteiger partial charge on any atom is -0.465 e. The van der Waals surface area contributed by atoms with Crippen LogP contribution in [0.4, 0.5) is 0 Å². The molecule has 0 unspecified atom stereocenters. The highest BCUT2D eigenvalue weighted by molar-refractivity contribution is 6.35. The second kappa shape index (κ2) is 3.87. The van der Waals surface area contributed by atoms with E-state index >= 15 is 0 Å². The van der Waals surface area contributed by atoms with Gasteiger partial charge in [-0.1, -0.05) is 11.6 Å². The molecule has 0 spiro atoms. The summed E-state index contributed by atoms with van der Waals surface area (Å²) in [7, 11) is 1.35. The zero-order valence-corrected chi connectivity index (χ0v) is 8.84. The van der Waals surface area contributed by atoms with Gasteiger partial charge in [-0.3, -0.25) is 0 Å². The average molecular weight is 223 g/mol. The number of ether oxygens (including phenoxy) is 1. The molecule has 1 heterocycles. The number of nitrogens with one attached hydrogen (secondary N) is 1. The summed E-state index contributed by atoms with van der Waals surface area (Å²) in [5, 5.41) is 1.41. The van der Waals surface area contributed by atoms with Gasteiger partial charge in [-0.15, -0.1) is 0 Å². The van der Waals surface area contributed by atoms with Crippen LogP contribution in [0.5, 0.6) is 0 Å². The zero-order chi connectivity index (χ0) is 10.8. The molecule has 0 atom stereocenters. The van der Waals surface area contributed by atoms with Crippen molar-refractivity contribution < 1.29 is 14.5 Å². The Morgan fingerprint density at radius 1 is 1.40 bits per heavy atom. The molecule has 4 heteroatoms. The standard InChI is InChI=1S/C11H8ClNO2/c1-15-11(14)7-2-3-10-8(6-7)9(12)4-5-13-10/h2-6H,1H3/p+1. The topological polar surface area (TPSA) is 40.4 Å². The van der Waals surface area contributed by atoms with E-state index in [2.05, 4.69) is 9.72 Å². The zero-order valence-electron chi connectivity index (χ0n) is 8.08. The third kappa shape index (κ3) is 1.78. The van der Waals surface area contributed by atoms with Crippen molar-refractivity contribution in [1.29, 1.82) is 0 Å². The number of fused-ring (bicyclic) bond motifs is 1. The second-order valence-corrected chi connectivity index (χ2v) is 3.48. The molecule has 1 aromatic carbocycles. The van der Waals surface area contributed by atoms with Crippen LogP contribution in [-0.2, 0) is 4.74 Å². The maximum absolute atomic E-state index is 11.3. The van der Waals surface area contributed by atoms with Crippen LogP contribution in [-0.4, -0.2) is 13.1 Å². The third-order valence-electron chi connectivity index (χ3n) is 2.17. The fourth-order valence-corrected chi connectivity index (χ4v) is 1.63. The van der Waals surface area contributed by atoms with Gasteiger partial charge in [-0.2, -0.15) is 0 Å². The number of aromatic amines is 1. The van der Waals surface area contributed by atoms with Crippen LogP contribution < -0.4 is 4.98 Å². The number of aromatic nitrogens is 1. The third-order valence-corrected chi connectivity index (χ3v) is 2.50. The van der Waals surface area contributed by atoms with Crippen LogP contribution >= 0.6 is 11.6 Å². The lowest BCUT2D eigenvalue weighted by Gasteiger charge is -1.99. The molecule has 2 rings (SSSR count). The summed E-state index contributed by atoms with van der Waals surface area (Å²) in [5.41, 5.74) is 1.38. The van der Waals surface area contributed by atoms with Crippen molar-refractivity contribution in [2.24, 2.45) is 0 Å². The lowest BCUT2D eigenvalue weighted by molar-refractivity contribution is -0.344. The van der Waals surface area contributed by atoms with E-state index in [1.165, 1.54) is 7.11 Å². The maximum atomic E-state index is 11.3. The van der Waals surface area contributed by atoms with Gasteiger partial charge in [-0.25, -0.2) is 9.78 Å². The Morgan fingerprint density at radius 3 is 2.93 bits per heavy atom. The van der Waals surface area contributed by atoms with E-state index in [-0.39, 0.29) is 5.97 Å². The molecule has 15 heavy (non-hydrogen) atoms. The summed E-state index contributed by atoms with van der Waals surface area (Å²) in [5.74, 6) is -0.364. The molecule has 0 aliphatic heterocycles. The molecule has 1 aromatic heterocycles. The normalized spacial score (nSPS) is 10.3. The largest absolute Gasteiger partial charge is 0.465 e. The Balaban J connectivity index is 2.64. The predicted molar refractivity (Wildman–Crippen MR) is 56.9 cm³/mol. The quantitative estimate of drug-likeness (QED) is 0.694. The molecule has 0 fully saturated rings. The Hall–Kier alpha value is -1.61. The number of hydrogen-bond acceptors (Lipinski definition) is 2. The van der Waals surface area contributed by atoms with Crippen LogP contribution in [0.15, 0.2) is 30.5 Å². The fraction of sp³-hybridized carbons (Fsp3) is 0.0909. The van der Waals surface area contributed by atoms with Crippen LogP contribution in [0.2, 0.25) is 5.02 Å². The van der Waals surface area contributed by atoms with Crippen molar-refractivity contribution in [1.82, 2.24) is 0 Å². The average Bonchev–Trinajstić information content (AvgIpc) is 2.28. The minimum atomic E-state index is -0.364. The van der Waals surface area contributed by atoms with Gasteiger partial charge in [0.1, 0.15) is 0 Å². The number of pyridine rings is 1. The molecule has 2 aromatic rings. The number of rotatable bonds is 1. The first kappa shape index (κ1) is 9.93. The van der Waals surface area contributed by atoms with Gasteiger partial charge >= 0.3 is 5.97 Å². The fourth-order valence-electron chi connectivity index (χ4n) is 1.41. The molecule has 0 amide bonds. The Kier molecular flexibility index (Phi) is 2.56. The molecule has 1 N–H and O–H groups in total. The van der Waals surface area contributed by atoms with Gasteiger partial charge in [0.2, 0.25) is 5.52 Å². The molecular weight excluding hydrogens is 214 g/mol. The number of carbonyl (C=O) groups is 1. The first-order valence-electron chi connectivity index (χ1n) is 4.40. The van der Waals surface area contributed by atoms with Crippen molar-refractivity contribution in [2.75, 3.05) is 7.11 Å². The maximum Gasteiger partial charge on any atom is 0.337 e. The minimum absolute atomic E-state index is 0.364. The van der Waals surface area contributed by atoms with Crippen LogP contribution in [0.25, 0.3) is 10.9 Å². The van der Waals surface area contributed by atoms with Crippen molar-refractivity contribution in [3.05, 3.63) is 41.0 Å². The monoisotopic (exact) mass is 222 g/mol. The van der Waals surface area contributed by atoms with Gasteiger partial charge in [0.25, 0.3) is 0 Å². The number of H-pyrrole nitrogens is 1. The number of carbonyl (C=O) groups excluding carboxylic acids is 1. The summed E-state index contributed by atoms with van der Waals surface area (Å²) in [6, 6.07) is 6.94. The molecule has 0 saturated carbocycles. The number of benzene rings is 1. The van der Waals surface area contributed by atoms with E-state index < -0.39 is 0 Å². The van der Waals surface area contributed by atoms with Crippen LogP contribution in [0, 0.1) is 0 Å². The van der Waals surface area contributed by atoms with E-state index in [1.807, 2.05) is 0 Å². The summed E-state index contributed by atoms with van der Waals surface area (Å²) >= 11 is 6.00. The molecule has 0 bridgehead atoms. The van der Waals surface area contributed by atoms with Gasteiger partial charge in [0, 0.05) is 12.1 Å². The number of hydrogen-bond donors (Lipinski definition) is 0. The van der Waals surface area contributed by atoms with Crippen molar-refractivity contribution >= 4 is 28.5 Å². The highest BCUT2D eigenvalue weighted by Gasteiger charge is 2.10. The van der Waals surface area contributed by atoms with Crippen LogP contribution in [0.3, 0.4) is 0 Å². The Morgan fingerprint density at radius 2 is 2.20 bits per heavy atom. The first-order chi connectivity index (χ1) is 7.22. The molecule has 0 radical (unpaired) electrons. The smallest absolute Gasteiger partial charge is 0.337 e. The van der Waals surface area contributed by atoms with E-state index in [0.717, 1.165) is 10.9 Å². The molecule has 0 aliphatic rings. The first-order valence-corrected chi connectivity index (χ1v) is 4.78. The van der Waals surface area contributed by atoms with Gasteiger partial charge in [0.15, 0.2) is 6.20 Å². The summed E-state index contributed by atoms with van der Waals surface area (Å²) in [6.07, 6.45) is 1.75. The highest BCUT2D eigenvalue weighted by atomic mass is 35.5. The Bertz CT molecular complexity index is 525. The Labute approximate surface area is 91.6 Å². The van der Waals surface area contributed by atoms with E-state index in [9.17, 15) is 4.79 Å². The van der Waals surface area contributed by atoms with Gasteiger partial charge in [-0.05, 0) is 12.1 Å². The summed E-state index contributed by atoms with van der Waals surface area (Å²) < 4.78 is 4.63. The van der Waals surface area contributed by atoms with Crippen LogP contribution in [0.1, 0.15) is 10.4 Å². The van der Waals surface area contributed by atoms with Crippen molar-refractivity contribution in [3.8, 4) is 0 Å². The molecule has 0 aliphatic carbocycles. The molecule has 76 valence electrons.